The van der Waals surface area contributed by atoms with Crippen LogP contribution in [0.4, 0.5) is 5.69 Å². The lowest BCUT2D eigenvalue weighted by Crippen LogP contribution is -2.37. The molecule has 0 saturated carbocycles. The summed E-state index contributed by atoms with van der Waals surface area (Å²) in [5.41, 5.74) is 0.734. The van der Waals surface area contributed by atoms with Gasteiger partial charge in [-0.15, -0.1) is 0 Å². The van der Waals surface area contributed by atoms with Gasteiger partial charge in [0.25, 0.3) is 0 Å². The lowest BCUT2D eigenvalue weighted by molar-refractivity contribution is -0.126. The molecule has 0 N–H and O–H groups in total. The Morgan fingerprint density at radius 3 is 2.50 bits per heavy atom. The van der Waals surface area contributed by atoms with Gasteiger partial charge in [0.15, 0.2) is 5.78 Å². The Balaban J connectivity index is 2.61. The summed E-state index contributed by atoms with van der Waals surface area (Å²) in [4.78, 5) is 25.8. The number of carbonyl (C=O) groups is 2. The molecule has 2 rings (SSSR count). The van der Waals surface area contributed by atoms with Crippen molar-refractivity contribution in [2.75, 3.05) is 11.9 Å². The lowest BCUT2D eigenvalue weighted by atomic mass is 9.86. The zero-order valence-corrected chi connectivity index (χ0v) is 9.78. The number of para-hydroxylation sites is 1. The molecular formula is C13H15NO2. The molecule has 3 nitrogen and oxygen atoms in total. The van der Waals surface area contributed by atoms with Gasteiger partial charge in [0.2, 0.25) is 5.91 Å². The predicted octanol–water partition coefficient (Wildman–Crippen LogP) is 2.26. The van der Waals surface area contributed by atoms with E-state index in [0.717, 1.165) is 0 Å². The van der Waals surface area contributed by atoms with Crippen LogP contribution in [0.2, 0.25) is 0 Å². The van der Waals surface area contributed by atoms with E-state index in [1.54, 1.807) is 18.0 Å². The average Bonchev–Trinajstić information content (AvgIpc) is 2.31. The molecule has 84 valence electrons. The molecular weight excluding hydrogens is 202 g/mol. The van der Waals surface area contributed by atoms with Crippen LogP contribution in [0.15, 0.2) is 24.3 Å². The highest BCUT2D eigenvalue weighted by Gasteiger charge is 2.38. The zero-order valence-electron chi connectivity index (χ0n) is 9.78. The third kappa shape index (κ3) is 1.52. The van der Waals surface area contributed by atoms with E-state index in [0.29, 0.717) is 11.3 Å². The van der Waals surface area contributed by atoms with Crippen LogP contribution in [0, 0.1) is 5.41 Å². The highest BCUT2D eigenvalue weighted by Crippen LogP contribution is 2.34. The summed E-state index contributed by atoms with van der Waals surface area (Å²) in [7, 11) is 1.72. The number of rotatable bonds is 0. The van der Waals surface area contributed by atoms with Crippen LogP contribution >= 0.6 is 0 Å². The van der Waals surface area contributed by atoms with E-state index >= 15 is 0 Å². The smallest absolute Gasteiger partial charge is 0.232 e. The number of benzene rings is 1. The first-order valence-corrected chi connectivity index (χ1v) is 5.34. The normalized spacial score (nSPS) is 19.3. The van der Waals surface area contributed by atoms with Gasteiger partial charge in [0.05, 0.1) is 11.1 Å². The molecule has 0 unspecified atom stereocenters. The Hall–Kier alpha value is -1.64. The fourth-order valence-corrected chi connectivity index (χ4v) is 2.14. The minimum absolute atomic E-state index is 0.00852. The van der Waals surface area contributed by atoms with E-state index in [1.165, 1.54) is 0 Å². The second kappa shape index (κ2) is 3.44. The van der Waals surface area contributed by atoms with Crippen LogP contribution in [0.25, 0.3) is 0 Å². The highest BCUT2D eigenvalue weighted by atomic mass is 16.2. The zero-order chi connectivity index (χ0) is 11.9. The first-order chi connectivity index (χ1) is 7.43. The van der Waals surface area contributed by atoms with E-state index < -0.39 is 5.41 Å². The summed E-state index contributed by atoms with van der Waals surface area (Å²) in [6.45, 7) is 3.63. The fraction of sp³-hybridized carbons (Fsp3) is 0.385. The molecule has 1 aromatic carbocycles. The van der Waals surface area contributed by atoms with Gasteiger partial charge in [-0.3, -0.25) is 9.59 Å². The maximum Gasteiger partial charge on any atom is 0.232 e. The standard InChI is InChI=1S/C13H15NO2/c1-13(2)8-11(15)9-6-4-5-7-10(9)14(3)12(13)16/h4-7H,8H2,1-3H3. The van der Waals surface area contributed by atoms with Crippen molar-refractivity contribution in [3.8, 4) is 0 Å². The minimum Gasteiger partial charge on any atom is -0.314 e. The summed E-state index contributed by atoms with van der Waals surface area (Å²) in [6.07, 6.45) is 0.271. The summed E-state index contributed by atoms with van der Waals surface area (Å²) in [5, 5.41) is 0. The molecule has 0 spiro atoms. The third-order valence-electron chi connectivity index (χ3n) is 3.05. The summed E-state index contributed by atoms with van der Waals surface area (Å²) < 4.78 is 0. The van der Waals surface area contributed by atoms with Crippen LogP contribution in [-0.4, -0.2) is 18.7 Å². The monoisotopic (exact) mass is 217 g/mol. The Labute approximate surface area is 95.1 Å². The molecule has 0 radical (unpaired) electrons. The number of amides is 1. The van der Waals surface area contributed by atoms with Crippen molar-refractivity contribution in [2.24, 2.45) is 5.41 Å². The van der Waals surface area contributed by atoms with Gasteiger partial charge in [-0.2, -0.15) is 0 Å². The number of fused-ring (bicyclic) bond motifs is 1. The van der Waals surface area contributed by atoms with Gasteiger partial charge in [0.1, 0.15) is 0 Å². The second-order valence-corrected chi connectivity index (χ2v) is 4.87. The van der Waals surface area contributed by atoms with Crippen molar-refractivity contribution < 1.29 is 9.59 Å². The quantitative estimate of drug-likeness (QED) is 0.668. The molecule has 1 aromatic rings. The van der Waals surface area contributed by atoms with Crippen LogP contribution in [0.1, 0.15) is 30.6 Å². The Bertz CT molecular complexity index is 463. The molecule has 0 atom stereocenters. The highest BCUT2D eigenvalue weighted by molar-refractivity contribution is 6.11. The van der Waals surface area contributed by atoms with Crippen molar-refractivity contribution in [3.63, 3.8) is 0 Å². The van der Waals surface area contributed by atoms with Gasteiger partial charge in [-0.1, -0.05) is 26.0 Å². The number of anilines is 1. The Morgan fingerprint density at radius 1 is 1.19 bits per heavy atom. The average molecular weight is 217 g/mol. The topological polar surface area (TPSA) is 37.4 Å². The second-order valence-electron chi connectivity index (χ2n) is 4.87. The van der Waals surface area contributed by atoms with Crippen LogP contribution in [-0.2, 0) is 4.79 Å². The first-order valence-electron chi connectivity index (χ1n) is 5.34. The molecule has 0 bridgehead atoms. The maximum atomic E-state index is 12.1. The van der Waals surface area contributed by atoms with Gasteiger partial charge in [0, 0.05) is 19.0 Å². The molecule has 0 aliphatic carbocycles. The SMILES string of the molecule is CN1C(=O)C(C)(C)CC(=O)c2ccccc21. The summed E-state index contributed by atoms with van der Waals surface area (Å²) >= 11 is 0. The molecule has 1 amide bonds. The Kier molecular flexibility index (Phi) is 2.34. The molecule has 3 heteroatoms. The van der Waals surface area contributed by atoms with Crippen molar-refractivity contribution >= 4 is 17.4 Å². The van der Waals surface area contributed by atoms with Crippen molar-refractivity contribution in [3.05, 3.63) is 29.8 Å². The Morgan fingerprint density at radius 2 is 1.81 bits per heavy atom. The number of carbonyl (C=O) groups excluding carboxylic acids is 2. The van der Waals surface area contributed by atoms with E-state index in [2.05, 4.69) is 0 Å². The number of nitrogens with zero attached hydrogens (tertiary/aromatic N) is 1. The van der Waals surface area contributed by atoms with E-state index in [-0.39, 0.29) is 18.1 Å². The molecule has 1 aliphatic heterocycles. The number of hydrogen-bond acceptors (Lipinski definition) is 2. The van der Waals surface area contributed by atoms with Gasteiger partial charge >= 0.3 is 0 Å². The lowest BCUT2D eigenvalue weighted by Gasteiger charge is -2.25. The largest absolute Gasteiger partial charge is 0.314 e. The van der Waals surface area contributed by atoms with Crippen molar-refractivity contribution in [1.82, 2.24) is 0 Å². The van der Waals surface area contributed by atoms with Crippen molar-refractivity contribution in [2.45, 2.75) is 20.3 Å². The van der Waals surface area contributed by atoms with Crippen molar-refractivity contribution in [1.29, 1.82) is 0 Å². The number of hydrogen-bond donors (Lipinski definition) is 0. The number of ketones is 1. The van der Waals surface area contributed by atoms with E-state index in [9.17, 15) is 9.59 Å². The third-order valence-corrected chi connectivity index (χ3v) is 3.05. The van der Waals surface area contributed by atoms with E-state index in [1.807, 2.05) is 32.0 Å². The first kappa shape index (κ1) is 10.9. The van der Waals surface area contributed by atoms with Gasteiger partial charge < -0.3 is 4.90 Å². The fourth-order valence-electron chi connectivity index (χ4n) is 2.14. The van der Waals surface area contributed by atoms with Crippen LogP contribution < -0.4 is 4.90 Å². The van der Waals surface area contributed by atoms with E-state index in [4.69, 9.17) is 0 Å². The summed E-state index contributed by atoms with van der Waals surface area (Å²) in [5.74, 6) is 0.0316. The molecule has 1 heterocycles. The van der Waals surface area contributed by atoms with Gasteiger partial charge in [-0.25, -0.2) is 0 Å². The molecule has 0 aromatic heterocycles. The van der Waals surface area contributed by atoms with Gasteiger partial charge in [-0.05, 0) is 12.1 Å². The van der Waals surface area contributed by atoms with Crippen LogP contribution in [0.5, 0.6) is 0 Å². The minimum atomic E-state index is -0.620. The maximum absolute atomic E-state index is 12.1. The summed E-state index contributed by atoms with van der Waals surface area (Å²) in [6, 6.07) is 7.26. The molecule has 0 saturated heterocycles. The molecule has 0 fully saturated rings. The number of Topliss-reactive ketones (excluding diaryl/α,β-unsaturated/α-hetero) is 1. The molecule has 16 heavy (non-hydrogen) atoms. The predicted molar refractivity (Wildman–Crippen MR) is 62.6 cm³/mol. The van der Waals surface area contributed by atoms with Crippen LogP contribution in [0.3, 0.4) is 0 Å². The molecule has 1 aliphatic rings.